The Kier molecular flexibility index (Phi) is 4.35. The van der Waals surface area contributed by atoms with E-state index in [1.807, 2.05) is 5.32 Å². The van der Waals surface area contributed by atoms with Crippen molar-refractivity contribution < 1.29 is 22.4 Å². The van der Waals surface area contributed by atoms with E-state index >= 15 is 0 Å². The molecule has 2 N–H and O–H groups in total. The topological polar surface area (TPSA) is 41.1 Å². The first-order valence-corrected chi connectivity index (χ1v) is 5.53. The standard InChI is InChI=1S/C10H16F4N2O/c1-2-9(4-3-5-16-9)8(17)15-6-10(13,14)7(11)12/h7,16H,2-6H2,1H3,(H,15,17). The summed E-state index contributed by atoms with van der Waals surface area (Å²) in [5, 5.41) is 4.85. The van der Waals surface area contributed by atoms with Crippen LogP contribution in [0.1, 0.15) is 26.2 Å². The summed E-state index contributed by atoms with van der Waals surface area (Å²) in [6.45, 7) is 1.06. The van der Waals surface area contributed by atoms with Crippen LogP contribution in [0.15, 0.2) is 0 Å². The second-order valence-electron chi connectivity index (χ2n) is 4.21. The Hall–Kier alpha value is -0.850. The lowest BCUT2D eigenvalue weighted by atomic mass is 9.93. The van der Waals surface area contributed by atoms with Crippen molar-refractivity contribution in [2.45, 2.75) is 44.1 Å². The van der Waals surface area contributed by atoms with Gasteiger partial charge in [0.1, 0.15) is 0 Å². The molecule has 0 saturated carbocycles. The highest BCUT2D eigenvalue weighted by Gasteiger charge is 2.44. The highest BCUT2D eigenvalue weighted by molar-refractivity contribution is 5.86. The number of halogens is 4. The van der Waals surface area contributed by atoms with Crippen molar-refractivity contribution in [2.24, 2.45) is 0 Å². The van der Waals surface area contributed by atoms with Crippen LogP contribution in [0, 0.1) is 0 Å². The number of rotatable bonds is 5. The van der Waals surface area contributed by atoms with E-state index in [1.54, 1.807) is 6.92 Å². The Morgan fingerprint density at radius 2 is 2.18 bits per heavy atom. The summed E-state index contributed by atoms with van der Waals surface area (Å²) in [5.74, 6) is -4.80. The highest BCUT2D eigenvalue weighted by Crippen LogP contribution is 2.25. The Bertz CT molecular complexity index is 277. The molecule has 0 aromatic carbocycles. The van der Waals surface area contributed by atoms with Crippen LogP contribution in [0.25, 0.3) is 0 Å². The van der Waals surface area contributed by atoms with Crippen LogP contribution in [0.2, 0.25) is 0 Å². The van der Waals surface area contributed by atoms with Gasteiger partial charge in [-0.3, -0.25) is 4.79 Å². The van der Waals surface area contributed by atoms with Crippen LogP contribution in [0.4, 0.5) is 17.6 Å². The van der Waals surface area contributed by atoms with Gasteiger partial charge in [0.25, 0.3) is 0 Å². The van der Waals surface area contributed by atoms with E-state index in [9.17, 15) is 22.4 Å². The van der Waals surface area contributed by atoms with Crippen LogP contribution in [0.3, 0.4) is 0 Å². The largest absolute Gasteiger partial charge is 0.348 e. The molecule has 100 valence electrons. The van der Waals surface area contributed by atoms with E-state index in [4.69, 9.17) is 0 Å². The molecule has 0 aromatic rings. The van der Waals surface area contributed by atoms with Gasteiger partial charge < -0.3 is 10.6 Å². The second kappa shape index (κ2) is 5.20. The van der Waals surface area contributed by atoms with Gasteiger partial charge in [0.05, 0.1) is 12.1 Å². The summed E-state index contributed by atoms with van der Waals surface area (Å²) < 4.78 is 49.1. The first-order valence-electron chi connectivity index (χ1n) is 5.53. The molecule has 0 aliphatic carbocycles. The molecule has 1 unspecified atom stereocenters. The van der Waals surface area contributed by atoms with E-state index in [2.05, 4.69) is 5.32 Å². The van der Waals surface area contributed by atoms with E-state index in [-0.39, 0.29) is 0 Å². The maximum atomic E-state index is 12.6. The van der Waals surface area contributed by atoms with Crippen LogP contribution >= 0.6 is 0 Å². The number of hydrogen-bond donors (Lipinski definition) is 2. The first kappa shape index (κ1) is 14.2. The predicted molar refractivity (Wildman–Crippen MR) is 54.2 cm³/mol. The monoisotopic (exact) mass is 256 g/mol. The maximum absolute atomic E-state index is 12.6. The van der Waals surface area contributed by atoms with Crippen LogP contribution in [0.5, 0.6) is 0 Å². The third-order valence-electron chi connectivity index (χ3n) is 3.09. The molecule has 1 fully saturated rings. The lowest BCUT2D eigenvalue weighted by Crippen LogP contribution is -2.55. The maximum Gasteiger partial charge on any atom is 0.324 e. The highest BCUT2D eigenvalue weighted by atomic mass is 19.3. The van der Waals surface area contributed by atoms with Gasteiger partial charge in [-0.25, -0.2) is 8.78 Å². The molecule has 0 spiro atoms. The number of carbonyl (C=O) groups is 1. The summed E-state index contributed by atoms with van der Waals surface area (Å²) in [5.41, 5.74) is -0.877. The number of alkyl halides is 4. The summed E-state index contributed by atoms with van der Waals surface area (Å²) in [4.78, 5) is 11.7. The zero-order valence-corrected chi connectivity index (χ0v) is 9.53. The molecule has 1 rings (SSSR count). The van der Waals surface area contributed by atoms with Crippen LogP contribution in [-0.2, 0) is 4.79 Å². The second-order valence-corrected chi connectivity index (χ2v) is 4.21. The van der Waals surface area contributed by atoms with Gasteiger partial charge in [0.2, 0.25) is 5.91 Å². The molecule has 0 aromatic heterocycles. The summed E-state index contributed by atoms with van der Waals surface area (Å²) in [6, 6.07) is 0. The Balaban J connectivity index is 2.54. The molecule has 3 nitrogen and oxygen atoms in total. The average molecular weight is 256 g/mol. The third kappa shape index (κ3) is 3.08. The molecule has 1 amide bonds. The van der Waals surface area contributed by atoms with Crippen molar-refractivity contribution >= 4 is 5.91 Å². The van der Waals surface area contributed by atoms with Gasteiger partial charge in [-0.15, -0.1) is 0 Å². The summed E-state index contributed by atoms with van der Waals surface area (Å²) >= 11 is 0. The fourth-order valence-corrected chi connectivity index (χ4v) is 1.91. The van der Waals surface area contributed by atoms with Gasteiger partial charge in [0.15, 0.2) is 0 Å². The number of carbonyl (C=O) groups excluding carboxylic acids is 1. The average Bonchev–Trinajstić information content (AvgIpc) is 2.75. The minimum atomic E-state index is -4.18. The van der Waals surface area contributed by atoms with Crippen molar-refractivity contribution in [3.63, 3.8) is 0 Å². The zero-order valence-electron chi connectivity index (χ0n) is 9.53. The van der Waals surface area contributed by atoms with Crippen molar-refractivity contribution in [1.29, 1.82) is 0 Å². The lowest BCUT2D eigenvalue weighted by molar-refractivity contribution is -0.140. The van der Waals surface area contributed by atoms with Crippen molar-refractivity contribution in [1.82, 2.24) is 10.6 Å². The third-order valence-corrected chi connectivity index (χ3v) is 3.09. The first-order chi connectivity index (χ1) is 7.84. The van der Waals surface area contributed by atoms with Gasteiger partial charge >= 0.3 is 12.3 Å². The van der Waals surface area contributed by atoms with Crippen molar-refractivity contribution in [3.05, 3.63) is 0 Å². The molecule has 1 saturated heterocycles. The van der Waals surface area contributed by atoms with E-state index in [0.29, 0.717) is 19.4 Å². The number of hydrogen-bond acceptors (Lipinski definition) is 2. The molecule has 0 bridgehead atoms. The van der Waals surface area contributed by atoms with Gasteiger partial charge in [-0.2, -0.15) is 8.78 Å². The summed E-state index contributed by atoms with van der Waals surface area (Å²) in [6.07, 6.45) is -2.02. The Morgan fingerprint density at radius 3 is 2.59 bits per heavy atom. The minimum absolute atomic E-state index is 0.444. The fraction of sp³-hybridized carbons (Fsp3) is 0.900. The molecule has 1 atom stereocenters. The smallest absolute Gasteiger partial charge is 0.324 e. The summed E-state index contributed by atoms with van der Waals surface area (Å²) in [7, 11) is 0. The molecular formula is C10H16F4N2O. The van der Waals surface area contributed by atoms with Crippen LogP contribution in [-0.4, -0.2) is 36.9 Å². The quantitative estimate of drug-likeness (QED) is 0.732. The number of amides is 1. The number of nitrogens with one attached hydrogen (secondary N) is 2. The van der Waals surface area contributed by atoms with Gasteiger partial charge in [0, 0.05) is 0 Å². The van der Waals surface area contributed by atoms with Gasteiger partial charge in [-0.1, -0.05) is 6.92 Å². The van der Waals surface area contributed by atoms with Crippen molar-refractivity contribution in [3.8, 4) is 0 Å². The lowest BCUT2D eigenvalue weighted by Gasteiger charge is -2.27. The van der Waals surface area contributed by atoms with Crippen molar-refractivity contribution in [2.75, 3.05) is 13.1 Å². The molecule has 0 radical (unpaired) electrons. The van der Waals surface area contributed by atoms with Crippen LogP contribution < -0.4 is 10.6 Å². The predicted octanol–water partition coefficient (Wildman–Crippen LogP) is 1.54. The fourth-order valence-electron chi connectivity index (χ4n) is 1.91. The molecular weight excluding hydrogens is 240 g/mol. The van der Waals surface area contributed by atoms with E-state index in [1.165, 1.54) is 0 Å². The Labute approximate surface area is 96.9 Å². The molecule has 1 aliphatic rings. The molecule has 7 heteroatoms. The molecule has 1 aliphatic heterocycles. The molecule has 17 heavy (non-hydrogen) atoms. The molecule has 1 heterocycles. The zero-order chi connectivity index (χ0) is 13.1. The Morgan fingerprint density at radius 1 is 1.53 bits per heavy atom. The van der Waals surface area contributed by atoms with E-state index in [0.717, 1.165) is 6.42 Å². The minimum Gasteiger partial charge on any atom is -0.348 e. The SMILES string of the molecule is CCC1(C(=O)NCC(F)(F)C(F)F)CCCN1. The van der Waals surface area contributed by atoms with Gasteiger partial charge in [-0.05, 0) is 25.8 Å². The van der Waals surface area contributed by atoms with E-state index < -0.39 is 30.3 Å². The normalized spacial score (nSPS) is 25.3.